The Morgan fingerprint density at radius 3 is 1.52 bits per heavy atom. The number of ether oxygens (including phenoxy) is 6. The molecule has 0 heterocycles. The van der Waals surface area contributed by atoms with Gasteiger partial charge in [0.15, 0.2) is 11.5 Å². The monoisotopic (exact) mass is 597 g/mol. The molecular weight excluding hydrogens is 550 g/mol. The van der Waals surface area contributed by atoms with Crippen LogP contribution in [0.1, 0.15) is 81.7 Å². The molecule has 0 radical (unpaired) electrons. The highest BCUT2D eigenvalue weighted by atomic mass is 16.8. The van der Waals surface area contributed by atoms with E-state index >= 15 is 0 Å². The van der Waals surface area contributed by atoms with E-state index in [0.717, 1.165) is 0 Å². The van der Waals surface area contributed by atoms with Gasteiger partial charge in [-0.2, -0.15) is 0 Å². The molecule has 12 nitrogen and oxygen atoms in total. The van der Waals surface area contributed by atoms with Gasteiger partial charge < -0.3 is 33.5 Å². The molecule has 0 aliphatic carbocycles. The topological polar surface area (TPSA) is 156 Å². The predicted octanol–water partition coefficient (Wildman–Crippen LogP) is 6.33. The summed E-state index contributed by atoms with van der Waals surface area (Å²) < 4.78 is 31.9. The van der Waals surface area contributed by atoms with Crippen molar-refractivity contribution >= 4 is 24.4 Å². The van der Waals surface area contributed by atoms with Crippen molar-refractivity contribution in [3.8, 4) is 11.5 Å². The first-order chi connectivity index (χ1) is 19.4. The fraction of sp³-hybridized carbons (Fsp3) is 0.667. The fourth-order valence-electron chi connectivity index (χ4n) is 3.14. The fourth-order valence-corrected chi connectivity index (χ4v) is 3.14. The molecule has 238 valence electrons. The summed E-state index contributed by atoms with van der Waals surface area (Å²) in [6, 6.07) is 3.61. The van der Waals surface area contributed by atoms with Gasteiger partial charge in [0, 0.05) is 12.5 Å². The van der Waals surface area contributed by atoms with E-state index in [0.29, 0.717) is 0 Å². The average molecular weight is 598 g/mol. The summed E-state index contributed by atoms with van der Waals surface area (Å²) in [4.78, 5) is 50.2. The molecule has 3 unspecified atom stereocenters. The molecular formula is C30H47NO11. The number of hydrogen-bond acceptors (Lipinski definition) is 11. The van der Waals surface area contributed by atoms with Crippen LogP contribution in [0.3, 0.4) is 0 Å². The van der Waals surface area contributed by atoms with Crippen molar-refractivity contribution in [2.45, 2.75) is 113 Å². The first-order valence-corrected chi connectivity index (χ1v) is 14.2. The van der Waals surface area contributed by atoms with Crippen LogP contribution in [0.2, 0.25) is 0 Å². The number of carboxylic acid groups (broad SMARTS) is 1. The van der Waals surface area contributed by atoms with E-state index in [2.05, 4.69) is 5.32 Å². The number of aliphatic carboxylic acids is 1. The molecule has 12 heteroatoms. The van der Waals surface area contributed by atoms with Crippen LogP contribution in [0.25, 0.3) is 0 Å². The molecule has 0 aliphatic heterocycles. The van der Waals surface area contributed by atoms with Gasteiger partial charge in [0.25, 0.3) is 5.72 Å². The van der Waals surface area contributed by atoms with Crippen molar-refractivity contribution < 1.29 is 52.7 Å². The van der Waals surface area contributed by atoms with Crippen molar-refractivity contribution in [1.82, 2.24) is 5.32 Å². The second-order valence-electron chi connectivity index (χ2n) is 11.6. The van der Waals surface area contributed by atoms with E-state index in [-0.39, 0.29) is 34.8 Å². The van der Waals surface area contributed by atoms with Gasteiger partial charge >= 0.3 is 24.4 Å². The zero-order chi connectivity index (χ0) is 32.4. The molecule has 0 aliphatic rings. The minimum Gasteiger partial charge on any atom is -0.477 e. The lowest BCUT2D eigenvalue weighted by Crippen LogP contribution is -2.59. The van der Waals surface area contributed by atoms with E-state index in [1.807, 2.05) is 41.5 Å². The minimum absolute atomic E-state index is 0.000660. The maximum absolute atomic E-state index is 12.6. The normalized spacial score (nSPS) is 15.0. The molecule has 0 amide bonds. The van der Waals surface area contributed by atoms with Crippen molar-refractivity contribution in [2.24, 2.45) is 17.8 Å². The second kappa shape index (κ2) is 16.2. The van der Waals surface area contributed by atoms with Crippen LogP contribution >= 0.6 is 0 Å². The molecule has 0 bridgehead atoms. The van der Waals surface area contributed by atoms with Gasteiger partial charge in [0.2, 0.25) is 0 Å². The first kappa shape index (κ1) is 36.5. The predicted molar refractivity (Wildman–Crippen MR) is 153 cm³/mol. The molecule has 0 fully saturated rings. The standard InChI is InChI=1S/C30H47NO11/c1-16(2)20(9)37-27(34)40-24-13-12-23(14-25(24)41-28(35)38-21(10)17(3)4)15-30(26(32)33,31-19(7)8)42-29(36)39-22(11)18(5)6/h12-14,16-22,31H,15H2,1-11H3,(H,32,33)/t20?,21?,22?,30-/m0/s1. The van der Waals surface area contributed by atoms with Gasteiger partial charge in [-0.25, -0.2) is 19.2 Å². The van der Waals surface area contributed by atoms with Crippen LogP contribution in [0, 0.1) is 17.8 Å². The second-order valence-corrected chi connectivity index (χ2v) is 11.6. The Bertz CT molecular complexity index is 1070. The smallest absolute Gasteiger partial charge is 0.477 e. The van der Waals surface area contributed by atoms with Crippen molar-refractivity contribution in [3.63, 3.8) is 0 Å². The average Bonchev–Trinajstić information content (AvgIpc) is 2.84. The molecule has 0 spiro atoms. The zero-order valence-electron chi connectivity index (χ0n) is 26.5. The Balaban J connectivity index is 3.46. The number of carboxylic acids is 1. The molecule has 1 rings (SSSR count). The number of rotatable bonds is 14. The number of benzene rings is 1. The largest absolute Gasteiger partial charge is 0.514 e. The van der Waals surface area contributed by atoms with Gasteiger partial charge in [-0.3, -0.25) is 5.32 Å². The summed E-state index contributed by atoms with van der Waals surface area (Å²) in [6.45, 7) is 19.6. The molecule has 4 atom stereocenters. The lowest BCUT2D eigenvalue weighted by molar-refractivity contribution is -0.168. The summed E-state index contributed by atoms with van der Waals surface area (Å²) in [5.74, 6) is -1.89. The van der Waals surface area contributed by atoms with E-state index in [4.69, 9.17) is 28.4 Å². The summed E-state index contributed by atoms with van der Waals surface area (Å²) in [6.07, 6.45) is -5.13. The lowest BCUT2D eigenvalue weighted by atomic mass is 10.0. The molecule has 0 saturated heterocycles. The third kappa shape index (κ3) is 11.8. The highest BCUT2D eigenvalue weighted by Crippen LogP contribution is 2.32. The number of hydrogen-bond donors (Lipinski definition) is 2. The van der Waals surface area contributed by atoms with E-state index in [1.165, 1.54) is 18.2 Å². The van der Waals surface area contributed by atoms with Crippen molar-refractivity contribution in [3.05, 3.63) is 23.8 Å². The van der Waals surface area contributed by atoms with Crippen LogP contribution < -0.4 is 14.8 Å². The SMILES string of the molecule is CC(C)N[C@@](Cc1ccc(OC(=O)OC(C)C(C)C)c(OC(=O)OC(C)C(C)C)c1)(OC(=O)OC(C)C(C)C)C(=O)O. The quantitative estimate of drug-likeness (QED) is 0.107. The Morgan fingerprint density at radius 2 is 1.12 bits per heavy atom. The third-order valence-corrected chi connectivity index (χ3v) is 6.64. The maximum Gasteiger partial charge on any atom is 0.514 e. The summed E-state index contributed by atoms with van der Waals surface area (Å²) in [7, 11) is 0. The Hall–Kier alpha value is -3.54. The Labute approximate surface area is 248 Å². The van der Waals surface area contributed by atoms with Gasteiger partial charge in [0.1, 0.15) is 18.3 Å². The van der Waals surface area contributed by atoms with Gasteiger partial charge in [-0.05, 0) is 70.1 Å². The van der Waals surface area contributed by atoms with Crippen molar-refractivity contribution in [1.29, 1.82) is 0 Å². The molecule has 1 aromatic carbocycles. The maximum atomic E-state index is 12.6. The third-order valence-electron chi connectivity index (χ3n) is 6.64. The van der Waals surface area contributed by atoms with E-state index in [9.17, 15) is 24.3 Å². The number of carbonyl (C=O) groups is 4. The van der Waals surface area contributed by atoms with Crippen LogP contribution in [0.5, 0.6) is 11.5 Å². The summed E-state index contributed by atoms with van der Waals surface area (Å²) in [5.41, 5.74) is -1.99. The van der Waals surface area contributed by atoms with Crippen LogP contribution in [0.15, 0.2) is 18.2 Å². The van der Waals surface area contributed by atoms with E-state index < -0.39 is 60.9 Å². The molecule has 42 heavy (non-hydrogen) atoms. The van der Waals surface area contributed by atoms with Gasteiger partial charge in [-0.15, -0.1) is 0 Å². The summed E-state index contributed by atoms with van der Waals surface area (Å²) in [5, 5.41) is 13.0. The summed E-state index contributed by atoms with van der Waals surface area (Å²) >= 11 is 0. The first-order valence-electron chi connectivity index (χ1n) is 14.2. The highest BCUT2D eigenvalue weighted by molar-refractivity contribution is 5.80. The van der Waals surface area contributed by atoms with Crippen LogP contribution in [0.4, 0.5) is 14.4 Å². The van der Waals surface area contributed by atoms with Crippen LogP contribution in [-0.2, 0) is 30.2 Å². The number of carbonyl (C=O) groups excluding carboxylic acids is 3. The lowest BCUT2D eigenvalue weighted by Gasteiger charge is -2.32. The minimum atomic E-state index is -2.25. The highest BCUT2D eigenvalue weighted by Gasteiger charge is 2.45. The van der Waals surface area contributed by atoms with Gasteiger partial charge in [0.05, 0.1) is 0 Å². The Morgan fingerprint density at radius 1 is 0.690 bits per heavy atom. The molecule has 0 aromatic heterocycles. The molecule has 2 N–H and O–H groups in total. The molecule has 0 saturated carbocycles. The Kier molecular flexibility index (Phi) is 14.1. The van der Waals surface area contributed by atoms with Gasteiger partial charge in [-0.1, -0.05) is 47.6 Å². The van der Waals surface area contributed by atoms with Crippen molar-refractivity contribution in [2.75, 3.05) is 0 Å². The van der Waals surface area contributed by atoms with E-state index in [1.54, 1.807) is 34.6 Å². The zero-order valence-corrected chi connectivity index (χ0v) is 26.5. The molecule has 1 aromatic rings. The number of nitrogens with one attached hydrogen (secondary N) is 1. The van der Waals surface area contributed by atoms with Crippen LogP contribution in [-0.4, -0.2) is 59.6 Å².